The molecule has 0 saturated carbocycles. The van der Waals surface area contributed by atoms with E-state index < -0.39 is 5.41 Å². The van der Waals surface area contributed by atoms with Crippen LogP contribution in [0.1, 0.15) is 33.4 Å². The van der Waals surface area contributed by atoms with Crippen molar-refractivity contribution in [2.24, 2.45) is 0 Å². The van der Waals surface area contributed by atoms with Crippen molar-refractivity contribution in [3.8, 4) is 56.8 Å². The van der Waals surface area contributed by atoms with Gasteiger partial charge in [-0.05, 0) is 58.7 Å². The first-order chi connectivity index (χ1) is 29.2. The summed E-state index contributed by atoms with van der Waals surface area (Å²) < 4.78 is 13.5. The van der Waals surface area contributed by atoms with E-state index in [2.05, 4.69) is 103 Å². The van der Waals surface area contributed by atoms with Gasteiger partial charge in [0.2, 0.25) is 0 Å². The quantitative estimate of drug-likeness (QED) is 0.178. The number of nitrogens with zero attached hydrogens (tertiary/aromatic N) is 4. The molecule has 2 aliphatic rings. The number of fused-ring (bicyclic) bond motifs is 11. The standard InChI is InChI=1S/C53H32N4O2/c1-3-14-35(15-4-1)45-30-46(38-31-54-51(55-32-38)36-16-5-2-6-17-36)57-52(56-45)37-26-25-34-24-23-33-13-7-9-19-41(33)53(43(34)27-37)42-20-10-12-22-48(42)59-50-28-40-39-18-8-11-21-47(39)58-49(40)29-44(50)53/h1-32H. The van der Waals surface area contributed by atoms with Gasteiger partial charge in [0.05, 0.1) is 16.8 Å². The Bertz CT molecular complexity index is 3300. The van der Waals surface area contributed by atoms with Crippen LogP contribution in [0.3, 0.4) is 0 Å². The molecule has 0 saturated heterocycles. The molecule has 6 nitrogen and oxygen atoms in total. The number of furan rings is 1. The first kappa shape index (κ1) is 33.2. The summed E-state index contributed by atoms with van der Waals surface area (Å²) in [5, 5.41) is 2.07. The fraction of sp³-hybridized carbons (Fsp3) is 0.0189. The Kier molecular flexibility index (Phi) is 7.34. The van der Waals surface area contributed by atoms with Crippen molar-refractivity contribution in [2.45, 2.75) is 5.41 Å². The lowest BCUT2D eigenvalue weighted by Gasteiger charge is -2.42. The number of ether oxygens (including phenoxy) is 1. The molecule has 0 amide bonds. The lowest BCUT2D eigenvalue weighted by Crippen LogP contribution is -2.35. The Morgan fingerprint density at radius 3 is 1.86 bits per heavy atom. The summed E-state index contributed by atoms with van der Waals surface area (Å²) in [6.45, 7) is 0. The van der Waals surface area contributed by atoms with E-state index in [1.807, 2.05) is 91.3 Å². The van der Waals surface area contributed by atoms with E-state index in [9.17, 15) is 0 Å². The molecule has 3 aromatic heterocycles. The minimum Gasteiger partial charge on any atom is -0.457 e. The third kappa shape index (κ3) is 5.20. The van der Waals surface area contributed by atoms with Gasteiger partial charge in [0.15, 0.2) is 11.6 Å². The molecule has 276 valence electrons. The molecule has 4 heterocycles. The molecule has 12 rings (SSSR count). The van der Waals surface area contributed by atoms with Gasteiger partial charge in [-0.2, -0.15) is 0 Å². The molecule has 0 radical (unpaired) electrons. The van der Waals surface area contributed by atoms with Crippen LogP contribution in [0.5, 0.6) is 11.5 Å². The number of para-hydroxylation sites is 2. The van der Waals surface area contributed by atoms with E-state index in [4.69, 9.17) is 29.1 Å². The van der Waals surface area contributed by atoms with Gasteiger partial charge in [-0.3, -0.25) is 0 Å². The monoisotopic (exact) mass is 756 g/mol. The maximum Gasteiger partial charge on any atom is 0.160 e. The van der Waals surface area contributed by atoms with Crippen molar-refractivity contribution >= 4 is 34.1 Å². The van der Waals surface area contributed by atoms with E-state index >= 15 is 0 Å². The maximum atomic E-state index is 6.88. The third-order valence-electron chi connectivity index (χ3n) is 11.7. The largest absolute Gasteiger partial charge is 0.457 e. The SMILES string of the molecule is C1=Cc2ccc(-c3nc(-c4ccccc4)cc(-c4cnc(-c5ccccc5)nc4)n3)cc2C2(c3ccccc31)c1ccccc1Oc1cc3c(cc12)oc1ccccc13. The van der Waals surface area contributed by atoms with Crippen LogP contribution >= 0.6 is 0 Å². The third-order valence-corrected chi connectivity index (χ3v) is 11.7. The van der Waals surface area contributed by atoms with Crippen LogP contribution in [-0.4, -0.2) is 19.9 Å². The zero-order chi connectivity index (χ0) is 38.9. The van der Waals surface area contributed by atoms with Gasteiger partial charge >= 0.3 is 0 Å². The van der Waals surface area contributed by atoms with Crippen molar-refractivity contribution in [2.75, 3.05) is 0 Å². The van der Waals surface area contributed by atoms with Gasteiger partial charge in [-0.1, -0.05) is 146 Å². The lowest BCUT2D eigenvalue weighted by molar-refractivity contribution is 0.435. The minimum absolute atomic E-state index is 0.598. The predicted molar refractivity (Wildman–Crippen MR) is 234 cm³/mol. The molecule has 1 spiro atoms. The summed E-state index contributed by atoms with van der Waals surface area (Å²) in [6.07, 6.45) is 8.14. The topological polar surface area (TPSA) is 73.9 Å². The molecule has 6 heteroatoms. The number of hydrogen-bond donors (Lipinski definition) is 0. The summed E-state index contributed by atoms with van der Waals surface area (Å²) in [5.74, 6) is 2.86. The molecular formula is C53H32N4O2. The van der Waals surface area contributed by atoms with Crippen molar-refractivity contribution in [3.05, 3.63) is 216 Å². The second-order valence-corrected chi connectivity index (χ2v) is 15.0. The Morgan fingerprint density at radius 2 is 1.05 bits per heavy atom. The Hall–Kier alpha value is -7.96. The first-order valence-electron chi connectivity index (χ1n) is 19.7. The van der Waals surface area contributed by atoms with Crippen molar-refractivity contribution in [3.63, 3.8) is 0 Å². The minimum atomic E-state index is -0.802. The molecule has 0 bridgehead atoms. The second kappa shape index (κ2) is 13.0. The van der Waals surface area contributed by atoms with Gasteiger partial charge in [0, 0.05) is 56.5 Å². The molecule has 10 aromatic rings. The highest BCUT2D eigenvalue weighted by Gasteiger charge is 2.48. The molecule has 0 fully saturated rings. The highest BCUT2D eigenvalue weighted by molar-refractivity contribution is 6.06. The molecule has 1 unspecified atom stereocenters. The highest BCUT2D eigenvalue weighted by Crippen LogP contribution is 2.59. The molecular weight excluding hydrogens is 725 g/mol. The van der Waals surface area contributed by atoms with Crippen LogP contribution in [0.4, 0.5) is 0 Å². The smallest absolute Gasteiger partial charge is 0.160 e. The van der Waals surface area contributed by atoms with Gasteiger partial charge in [-0.15, -0.1) is 0 Å². The van der Waals surface area contributed by atoms with Gasteiger partial charge in [-0.25, -0.2) is 19.9 Å². The number of aromatic nitrogens is 4. The van der Waals surface area contributed by atoms with E-state index in [-0.39, 0.29) is 0 Å². The zero-order valence-corrected chi connectivity index (χ0v) is 31.6. The normalized spacial score (nSPS) is 14.9. The Morgan fingerprint density at radius 1 is 0.390 bits per heavy atom. The Balaban J connectivity index is 1.11. The first-order valence-corrected chi connectivity index (χ1v) is 19.7. The number of rotatable bonds is 4. The van der Waals surface area contributed by atoms with Crippen molar-refractivity contribution < 1.29 is 9.15 Å². The van der Waals surface area contributed by atoms with Crippen molar-refractivity contribution in [1.29, 1.82) is 0 Å². The predicted octanol–water partition coefficient (Wildman–Crippen LogP) is 12.8. The van der Waals surface area contributed by atoms with Crippen LogP contribution in [-0.2, 0) is 5.41 Å². The molecule has 59 heavy (non-hydrogen) atoms. The average Bonchev–Trinajstić information content (AvgIpc) is 3.60. The van der Waals surface area contributed by atoms with Crippen LogP contribution < -0.4 is 4.74 Å². The summed E-state index contributed by atoms with van der Waals surface area (Å²) in [6, 6.07) is 58.5. The molecule has 1 aliphatic carbocycles. The number of benzene rings is 7. The summed E-state index contributed by atoms with van der Waals surface area (Å²) in [7, 11) is 0. The van der Waals surface area contributed by atoms with E-state index in [1.54, 1.807) is 0 Å². The van der Waals surface area contributed by atoms with Crippen LogP contribution in [0.2, 0.25) is 0 Å². The van der Waals surface area contributed by atoms with Crippen LogP contribution in [0, 0.1) is 0 Å². The van der Waals surface area contributed by atoms with E-state index in [1.165, 1.54) is 0 Å². The van der Waals surface area contributed by atoms with Crippen LogP contribution in [0.15, 0.2) is 187 Å². The zero-order valence-electron chi connectivity index (χ0n) is 31.6. The van der Waals surface area contributed by atoms with Crippen LogP contribution in [0.25, 0.3) is 79.4 Å². The molecule has 1 aliphatic heterocycles. The maximum absolute atomic E-state index is 6.88. The number of hydrogen-bond acceptors (Lipinski definition) is 6. The fourth-order valence-corrected chi connectivity index (χ4v) is 8.99. The van der Waals surface area contributed by atoms with Gasteiger partial charge < -0.3 is 9.15 Å². The van der Waals surface area contributed by atoms with E-state index in [0.717, 1.165) is 100 Å². The molecule has 7 aromatic carbocycles. The lowest BCUT2D eigenvalue weighted by atomic mass is 9.62. The molecule has 1 atom stereocenters. The summed E-state index contributed by atoms with van der Waals surface area (Å²) in [4.78, 5) is 20.0. The molecule has 0 N–H and O–H groups in total. The van der Waals surface area contributed by atoms with E-state index in [0.29, 0.717) is 11.6 Å². The van der Waals surface area contributed by atoms with Gasteiger partial charge in [0.1, 0.15) is 22.7 Å². The summed E-state index contributed by atoms with van der Waals surface area (Å²) in [5.41, 5.74) is 12.5. The average molecular weight is 757 g/mol. The van der Waals surface area contributed by atoms with Crippen molar-refractivity contribution in [1.82, 2.24) is 19.9 Å². The highest BCUT2D eigenvalue weighted by atomic mass is 16.5. The second-order valence-electron chi connectivity index (χ2n) is 15.0. The fourth-order valence-electron chi connectivity index (χ4n) is 8.99. The Labute approximate surface area is 339 Å². The summed E-state index contributed by atoms with van der Waals surface area (Å²) >= 11 is 0. The van der Waals surface area contributed by atoms with Gasteiger partial charge in [0.25, 0.3) is 0 Å².